The van der Waals surface area contributed by atoms with Crippen LogP contribution in [0.3, 0.4) is 0 Å². The molecule has 1 atom stereocenters. The minimum Gasteiger partial charge on any atom is -0.493 e. The summed E-state index contributed by atoms with van der Waals surface area (Å²) in [5.74, 6) is 1.74. The van der Waals surface area contributed by atoms with Crippen LogP contribution < -0.4 is 15.2 Å². The molecule has 0 bridgehead atoms. The molecule has 104 valence electrons. The highest BCUT2D eigenvalue weighted by molar-refractivity contribution is 6.30. The van der Waals surface area contributed by atoms with Crippen molar-refractivity contribution in [2.24, 2.45) is 5.73 Å². The van der Waals surface area contributed by atoms with E-state index in [0.717, 1.165) is 30.1 Å². The summed E-state index contributed by atoms with van der Waals surface area (Å²) in [4.78, 5) is 0. The summed E-state index contributed by atoms with van der Waals surface area (Å²) in [5, 5.41) is 0.695. The highest BCUT2D eigenvalue weighted by Crippen LogP contribution is 2.28. The van der Waals surface area contributed by atoms with E-state index in [1.165, 1.54) is 5.56 Å². The average Bonchev–Trinajstić information content (AvgIpc) is 2.93. The van der Waals surface area contributed by atoms with Gasteiger partial charge >= 0.3 is 0 Å². The van der Waals surface area contributed by atoms with Gasteiger partial charge in [-0.15, -0.1) is 0 Å². The van der Waals surface area contributed by atoms with E-state index in [-0.39, 0.29) is 6.04 Å². The largest absolute Gasteiger partial charge is 0.493 e. The summed E-state index contributed by atoms with van der Waals surface area (Å²) in [6.07, 6.45) is 0.952. The minimum atomic E-state index is -0.156. The lowest BCUT2D eigenvalue weighted by Crippen LogP contribution is -2.19. The van der Waals surface area contributed by atoms with E-state index in [2.05, 4.69) is 6.07 Å². The first kappa shape index (κ1) is 13.3. The number of hydrogen-bond acceptors (Lipinski definition) is 3. The molecule has 2 aromatic rings. The highest BCUT2D eigenvalue weighted by Gasteiger charge is 2.15. The Morgan fingerprint density at radius 2 is 2.00 bits per heavy atom. The number of halogens is 1. The second kappa shape index (κ2) is 5.73. The lowest BCUT2D eigenvalue weighted by molar-refractivity contribution is 0.290. The predicted octanol–water partition coefficient (Wildman–Crippen LogP) is 3.35. The van der Waals surface area contributed by atoms with E-state index in [0.29, 0.717) is 11.6 Å². The summed E-state index contributed by atoms with van der Waals surface area (Å²) in [7, 11) is 0. The van der Waals surface area contributed by atoms with Crippen molar-refractivity contribution in [1.82, 2.24) is 0 Å². The summed E-state index contributed by atoms with van der Waals surface area (Å²) in [6, 6.07) is 13.2. The number of fused-ring (bicyclic) bond motifs is 1. The van der Waals surface area contributed by atoms with Gasteiger partial charge in [-0.1, -0.05) is 23.7 Å². The molecule has 3 nitrogen and oxygen atoms in total. The average molecular weight is 290 g/mol. The molecule has 0 saturated heterocycles. The van der Waals surface area contributed by atoms with Crippen LogP contribution in [-0.4, -0.2) is 13.2 Å². The van der Waals surface area contributed by atoms with Gasteiger partial charge in [-0.05, 0) is 41.5 Å². The van der Waals surface area contributed by atoms with Gasteiger partial charge in [0.05, 0.1) is 12.6 Å². The van der Waals surface area contributed by atoms with E-state index < -0.39 is 0 Å². The van der Waals surface area contributed by atoms with Crippen LogP contribution in [-0.2, 0) is 6.42 Å². The van der Waals surface area contributed by atoms with Gasteiger partial charge in [0.1, 0.15) is 18.1 Å². The van der Waals surface area contributed by atoms with E-state index in [9.17, 15) is 0 Å². The maximum absolute atomic E-state index is 6.17. The van der Waals surface area contributed by atoms with Gasteiger partial charge < -0.3 is 15.2 Å². The van der Waals surface area contributed by atoms with Crippen LogP contribution in [0.2, 0.25) is 5.02 Å². The molecule has 1 aliphatic heterocycles. The molecule has 1 heterocycles. The molecule has 1 unspecified atom stereocenters. The zero-order valence-corrected chi connectivity index (χ0v) is 11.8. The lowest BCUT2D eigenvalue weighted by atomic mass is 10.0. The van der Waals surface area contributed by atoms with Crippen LogP contribution in [0.1, 0.15) is 17.2 Å². The van der Waals surface area contributed by atoms with Gasteiger partial charge in [0, 0.05) is 11.4 Å². The fraction of sp³-hybridized carbons (Fsp3) is 0.250. The lowest BCUT2D eigenvalue weighted by Gasteiger charge is -2.14. The zero-order chi connectivity index (χ0) is 13.9. The van der Waals surface area contributed by atoms with Crippen molar-refractivity contribution < 1.29 is 9.47 Å². The Labute approximate surface area is 123 Å². The number of hydrogen-bond donors (Lipinski definition) is 1. The molecule has 0 radical (unpaired) electrons. The van der Waals surface area contributed by atoms with E-state index in [1.807, 2.05) is 24.3 Å². The van der Waals surface area contributed by atoms with Gasteiger partial charge in [-0.25, -0.2) is 0 Å². The third-order valence-corrected chi connectivity index (χ3v) is 3.64. The Balaban J connectivity index is 1.64. The molecule has 0 spiro atoms. The first-order valence-electron chi connectivity index (χ1n) is 6.62. The molecule has 0 saturated carbocycles. The fourth-order valence-electron chi connectivity index (χ4n) is 2.25. The fourth-order valence-corrected chi connectivity index (χ4v) is 2.38. The number of rotatable bonds is 4. The van der Waals surface area contributed by atoms with Crippen molar-refractivity contribution in [2.75, 3.05) is 13.2 Å². The van der Waals surface area contributed by atoms with Crippen molar-refractivity contribution in [1.29, 1.82) is 0 Å². The Morgan fingerprint density at radius 3 is 2.80 bits per heavy atom. The molecule has 20 heavy (non-hydrogen) atoms. The van der Waals surface area contributed by atoms with Crippen molar-refractivity contribution in [3.63, 3.8) is 0 Å². The Kier molecular flexibility index (Phi) is 3.81. The molecule has 3 rings (SSSR count). The molecule has 0 aliphatic carbocycles. The third kappa shape index (κ3) is 2.89. The maximum atomic E-state index is 6.17. The maximum Gasteiger partial charge on any atom is 0.122 e. The van der Waals surface area contributed by atoms with Gasteiger partial charge in [-0.2, -0.15) is 0 Å². The second-order valence-corrected chi connectivity index (χ2v) is 5.27. The third-order valence-electron chi connectivity index (χ3n) is 3.38. The molecule has 0 amide bonds. The Hall–Kier alpha value is -1.71. The van der Waals surface area contributed by atoms with Gasteiger partial charge in [-0.3, -0.25) is 0 Å². The van der Waals surface area contributed by atoms with Crippen LogP contribution in [0.15, 0.2) is 42.5 Å². The molecule has 2 aromatic carbocycles. The molecule has 4 heteroatoms. The topological polar surface area (TPSA) is 44.5 Å². The summed E-state index contributed by atoms with van der Waals surface area (Å²) in [5.41, 5.74) is 8.47. The van der Waals surface area contributed by atoms with Crippen LogP contribution in [0.4, 0.5) is 0 Å². The summed E-state index contributed by atoms with van der Waals surface area (Å²) < 4.78 is 11.2. The molecular weight excluding hydrogens is 274 g/mol. The first-order valence-corrected chi connectivity index (χ1v) is 7.00. The molecule has 0 aromatic heterocycles. The van der Waals surface area contributed by atoms with Crippen LogP contribution in [0, 0.1) is 0 Å². The molecule has 1 aliphatic rings. The van der Waals surface area contributed by atoms with E-state index in [4.69, 9.17) is 26.8 Å². The van der Waals surface area contributed by atoms with Crippen molar-refractivity contribution >= 4 is 11.6 Å². The smallest absolute Gasteiger partial charge is 0.122 e. The van der Waals surface area contributed by atoms with Crippen molar-refractivity contribution in [3.8, 4) is 11.5 Å². The van der Waals surface area contributed by atoms with Gasteiger partial charge in [0.2, 0.25) is 0 Å². The highest BCUT2D eigenvalue weighted by atomic mass is 35.5. The first-order chi connectivity index (χ1) is 9.72. The quantitative estimate of drug-likeness (QED) is 0.939. The number of benzene rings is 2. The normalized spacial score (nSPS) is 14.5. The van der Waals surface area contributed by atoms with Crippen LogP contribution in [0.25, 0.3) is 0 Å². The zero-order valence-electron chi connectivity index (χ0n) is 11.0. The number of nitrogens with two attached hydrogens (primary N) is 1. The molecule has 0 fully saturated rings. The van der Waals surface area contributed by atoms with Gasteiger partial charge in [0.25, 0.3) is 0 Å². The predicted molar refractivity (Wildman–Crippen MR) is 79.5 cm³/mol. The molecule has 2 N–H and O–H groups in total. The number of ether oxygens (including phenoxy) is 2. The standard InChI is InChI=1S/C16H16ClNO2/c17-13-2-4-14(5-3-13)20-10-15(18)11-1-6-16-12(9-11)7-8-19-16/h1-6,9,15H,7-8,10,18H2. The SMILES string of the molecule is NC(COc1ccc(Cl)cc1)c1ccc2c(c1)CCO2. The summed E-state index contributed by atoms with van der Waals surface area (Å²) in [6.45, 7) is 1.19. The monoisotopic (exact) mass is 289 g/mol. The van der Waals surface area contributed by atoms with E-state index >= 15 is 0 Å². The van der Waals surface area contributed by atoms with Crippen LogP contribution in [0.5, 0.6) is 11.5 Å². The Morgan fingerprint density at radius 1 is 1.20 bits per heavy atom. The van der Waals surface area contributed by atoms with Crippen molar-refractivity contribution in [2.45, 2.75) is 12.5 Å². The summed E-state index contributed by atoms with van der Waals surface area (Å²) >= 11 is 5.83. The van der Waals surface area contributed by atoms with E-state index in [1.54, 1.807) is 12.1 Å². The van der Waals surface area contributed by atoms with Gasteiger partial charge in [0.15, 0.2) is 0 Å². The van der Waals surface area contributed by atoms with Crippen LogP contribution >= 0.6 is 11.6 Å². The molecular formula is C16H16ClNO2. The second-order valence-electron chi connectivity index (χ2n) is 4.84. The Bertz CT molecular complexity index is 598. The van der Waals surface area contributed by atoms with Crippen molar-refractivity contribution in [3.05, 3.63) is 58.6 Å². The minimum absolute atomic E-state index is 0.156.